The van der Waals surface area contributed by atoms with Crippen molar-refractivity contribution in [2.24, 2.45) is 5.92 Å². The molecule has 1 aromatic rings. The van der Waals surface area contributed by atoms with Crippen molar-refractivity contribution in [2.75, 3.05) is 0 Å². The first-order valence-electron chi connectivity index (χ1n) is 4.82. The molecule has 0 nitrogen and oxygen atoms in total. The third kappa shape index (κ3) is 2.84. The molecule has 2 unspecified atom stereocenters. The monoisotopic (exact) mass is 240 g/mol. The van der Waals surface area contributed by atoms with E-state index in [0.717, 1.165) is 0 Å². The average Bonchev–Trinajstić information content (AvgIpc) is 2.17. The second-order valence-electron chi connectivity index (χ2n) is 3.89. The maximum absolute atomic E-state index is 3.74. The van der Waals surface area contributed by atoms with Crippen molar-refractivity contribution in [3.05, 3.63) is 35.9 Å². The molecule has 0 N–H and O–H groups in total. The third-order valence-corrected chi connectivity index (χ3v) is 4.29. The zero-order chi connectivity index (χ0) is 9.84. The molecule has 0 heterocycles. The van der Waals surface area contributed by atoms with Gasteiger partial charge in [-0.2, -0.15) is 0 Å². The maximum Gasteiger partial charge on any atom is 0.0234 e. The lowest BCUT2D eigenvalue weighted by Gasteiger charge is -2.21. The number of halogens is 1. The smallest absolute Gasteiger partial charge is 0.0234 e. The van der Waals surface area contributed by atoms with Crippen LogP contribution in [0.25, 0.3) is 0 Å². The Bertz CT molecular complexity index is 241. The summed E-state index contributed by atoms with van der Waals surface area (Å²) in [5, 5.41) is 0. The van der Waals surface area contributed by atoms with E-state index < -0.39 is 0 Å². The van der Waals surface area contributed by atoms with Gasteiger partial charge in [-0.1, -0.05) is 67.0 Å². The number of rotatable bonds is 3. The standard InChI is InChI=1S/C12H17Br/c1-9(2)12(13)10(3)11-7-5-4-6-8-11/h4-10,12H,1-3H3. The molecule has 72 valence electrons. The van der Waals surface area contributed by atoms with Crippen LogP contribution in [0.4, 0.5) is 0 Å². The van der Waals surface area contributed by atoms with Crippen molar-refractivity contribution in [1.29, 1.82) is 0 Å². The molecule has 0 aliphatic carbocycles. The molecule has 0 spiro atoms. The van der Waals surface area contributed by atoms with E-state index in [1.54, 1.807) is 0 Å². The van der Waals surface area contributed by atoms with Crippen molar-refractivity contribution < 1.29 is 0 Å². The number of benzene rings is 1. The zero-order valence-corrected chi connectivity index (χ0v) is 10.1. The highest BCUT2D eigenvalue weighted by atomic mass is 79.9. The largest absolute Gasteiger partial charge is 0.0881 e. The molecule has 0 bridgehead atoms. The number of hydrogen-bond donors (Lipinski definition) is 0. The van der Waals surface area contributed by atoms with Gasteiger partial charge in [0, 0.05) is 4.83 Å². The van der Waals surface area contributed by atoms with Crippen LogP contribution in [-0.4, -0.2) is 4.83 Å². The molecule has 0 radical (unpaired) electrons. The second-order valence-corrected chi connectivity index (χ2v) is 4.95. The van der Waals surface area contributed by atoms with Gasteiger partial charge in [0.25, 0.3) is 0 Å². The van der Waals surface area contributed by atoms with E-state index >= 15 is 0 Å². The van der Waals surface area contributed by atoms with Crippen LogP contribution in [0.2, 0.25) is 0 Å². The van der Waals surface area contributed by atoms with Gasteiger partial charge in [0.05, 0.1) is 0 Å². The predicted octanol–water partition coefficient (Wildman–Crippen LogP) is 4.21. The Labute approximate surface area is 89.5 Å². The summed E-state index contributed by atoms with van der Waals surface area (Å²) in [4.78, 5) is 0.565. The Balaban J connectivity index is 2.73. The number of hydrogen-bond acceptors (Lipinski definition) is 0. The summed E-state index contributed by atoms with van der Waals surface area (Å²) >= 11 is 3.74. The topological polar surface area (TPSA) is 0 Å². The van der Waals surface area contributed by atoms with E-state index in [1.165, 1.54) is 5.56 Å². The normalized spacial score (nSPS) is 15.8. The van der Waals surface area contributed by atoms with E-state index in [4.69, 9.17) is 0 Å². The first-order chi connectivity index (χ1) is 6.13. The van der Waals surface area contributed by atoms with Gasteiger partial charge in [-0.15, -0.1) is 0 Å². The maximum atomic E-state index is 3.74. The molecule has 0 saturated heterocycles. The SMILES string of the molecule is CC(C)C(Br)C(C)c1ccccc1. The fourth-order valence-corrected chi connectivity index (χ4v) is 1.82. The van der Waals surface area contributed by atoms with Crippen molar-refractivity contribution in [2.45, 2.75) is 31.5 Å². The van der Waals surface area contributed by atoms with E-state index in [1.807, 2.05) is 0 Å². The van der Waals surface area contributed by atoms with E-state index in [0.29, 0.717) is 16.7 Å². The van der Waals surface area contributed by atoms with Crippen molar-refractivity contribution in [1.82, 2.24) is 0 Å². The lowest BCUT2D eigenvalue weighted by atomic mass is 9.92. The van der Waals surface area contributed by atoms with Crippen LogP contribution in [0.15, 0.2) is 30.3 Å². The van der Waals surface area contributed by atoms with E-state index in [2.05, 4.69) is 67.0 Å². The van der Waals surface area contributed by atoms with E-state index in [9.17, 15) is 0 Å². The zero-order valence-electron chi connectivity index (χ0n) is 8.50. The predicted molar refractivity (Wildman–Crippen MR) is 62.4 cm³/mol. The Morgan fingerprint density at radius 1 is 1.00 bits per heavy atom. The van der Waals surface area contributed by atoms with Crippen LogP contribution in [0.1, 0.15) is 32.3 Å². The molecule has 2 atom stereocenters. The van der Waals surface area contributed by atoms with Crippen LogP contribution in [0.5, 0.6) is 0 Å². The Morgan fingerprint density at radius 3 is 2.00 bits per heavy atom. The van der Waals surface area contributed by atoms with Crippen LogP contribution in [0, 0.1) is 5.92 Å². The van der Waals surface area contributed by atoms with Crippen LogP contribution < -0.4 is 0 Å². The highest BCUT2D eigenvalue weighted by Crippen LogP contribution is 2.29. The summed E-state index contributed by atoms with van der Waals surface area (Å²) in [5.41, 5.74) is 1.41. The summed E-state index contributed by atoms with van der Waals surface area (Å²) in [6.07, 6.45) is 0. The Morgan fingerprint density at radius 2 is 1.54 bits per heavy atom. The van der Waals surface area contributed by atoms with Gasteiger partial charge in [-0.05, 0) is 17.4 Å². The van der Waals surface area contributed by atoms with Crippen molar-refractivity contribution >= 4 is 15.9 Å². The molecule has 1 aromatic carbocycles. The third-order valence-electron chi connectivity index (χ3n) is 2.44. The first-order valence-corrected chi connectivity index (χ1v) is 5.73. The van der Waals surface area contributed by atoms with Crippen molar-refractivity contribution in [3.8, 4) is 0 Å². The summed E-state index contributed by atoms with van der Waals surface area (Å²) < 4.78 is 0. The summed E-state index contributed by atoms with van der Waals surface area (Å²) in [5.74, 6) is 1.26. The molecule has 0 aliphatic heterocycles. The molecule has 0 amide bonds. The van der Waals surface area contributed by atoms with Gasteiger partial charge in [0.2, 0.25) is 0 Å². The minimum atomic E-state index is 0.565. The molecule has 0 aliphatic rings. The van der Waals surface area contributed by atoms with Crippen LogP contribution >= 0.6 is 15.9 Å². The van der Waals surface area contributed by atoms with Crippen LogP contribution in [0.3, 0.4) is 0 Å². The molecule has 0 saturated carbocycles. The highest BCUT2D eigenvalue weighted by molar-refractivity contribution is 9.09. The van der Waals surface area contributed by atoms with Crippen LogP contribution in [-0.2, 0) is 0 Å². The summed E-state index contributed by atoms with van der Waals surface area (Å²) in [7, 11) is 0. The quantitative estimate of drug-likeness (QED) is 0.695. The molecule has 0 aromatic heterocycles. The summed E-state index contributed by atoms with van der Waals surface area (Å²) in [6, 6.07) is 10.7. The van der Waals surface area contributed by atoms with Gasteiger partial charge in [-0.3, -0.25) is 0 Å². The molecule has 0 fully saturated rings. The Kier molecular flexibility index (Phi) is 3.98. The number of alkyl halides is 1. The highest BCUT2D eigenvalue weighted by Gasteiger charge is 2.18. The fraction of sp³-hybridized carbons (Fsp3) is 0.500. The Hall–Kier alpha value is -0.300. The minimum Gasteiger partial charge on any atom is -0.0881 e. The minimum absolute atomic E-state index is 0.565. The lowest BCUT2D eigenvalue weighted by Crippen LogP contribution is -2.15. The average molecular weight is 241 g/mol. The van der Waals surface area contributed by atoms with Gasteiger partial charge >= 0.3 is 0 Å². The van der Waals surface area contributed by atoms with Gasteiger partial charge < -0.3 is 0 Å². The first kappa shape index (κ1) is 10.8. The fourth-order valence-electron chi connectivity index (χ4n) is 1.52. The van der Waals surface area contributed by atoms with Gasteiger partial charge in [0.15, 0.2) is 0 Å². The van der Waals surface area contributed by atoms with Gasteiger partial charge in [0.1, 0.15) is 0 Å². The van der Waals surface area contributed by atoms with Crippen molar-refractivity contribution in [3.63, 3.8) is 0 Å². The summed E-state index contributed by atoms with van der Waals surface area (Å²) in [6.45, 7) is 6.77. The molecule has 1 rings (SSSR count). The lowest BCUT2D eigenvalue weighted by molar-refractivity contribution is 0.550. The molecule has 13 heavy (non-hydrogen) atoms. The van der Waals surface area contributed by atoms with E-state index in [-0.39, 0.29) is 0 Å². The molecular weight excluding hydrogens is 224 g/mol. The second kappa shape index (κ2) is 4.80. The molecular formula is C12H17Br. The van der Waals surface area contributed by atoms with Gasteiger partial charge in [-0.25, -0.2) is 0 Å². The molecule has 1 heteroatoms.